The fourth-order valence-corrected chi connectivity index (χ4v) is 2.37. The molecule has 0 aromatic heterocycles. The molecule has 19 heavy (non-hydrogen) atoms. The molecule has 0 bridgehead atoms. The van der Waals surface area contributed by atoms with E-state index in [2.05, 4.69) is 17.0 Å². The molecule has 0 radical (unpaired) electrons. The van der Waals surface area contributed by atoms with Crippen LogP contribution < -0.4 is 4.74 Å². The maximum atomic E-state index is 11.8. The number of methoxy groups -OCH3 is 1. The zero-order chi connectivity index (χ0) is 13.8. The quantitative estimate of drug-likeness (QED) is 0.820. The third-order valence-electron chi connectivity index (χ3n) is 3.67. The summed E-state index contributed by atoms with van der Waals surface area (Å²) in [5.41, 5.74) is 2.72. The van der Waals surface area contributed by atoms with Crippen LogP contribution in [0.3, 0.4) is 0 Å². The van der Waals surface area contributed by atoms with E-state index < -0.39 is 0 Å². The molecule has 1 aromatic rings. The molecule has 0 saturated carbocycles. The number of benzene rings is 1. The van der Waals surface area contributed by atoms with Gasteiger partial charge in [0.2, 0.25) is 5.91 Å². The van der Waals surface area contributed by atoms with Gasteiger partial charge in [0.25, 0.3) is 0 Å². The normalized spacial score (nSPS) is 15.5. The van der Waals surface area contributed by atoms with Gasteiger partial charge in [-0.1, -0.05) is 6.07 Å². The summed E-state index contributed by atoms with van der Waals surface area (Å²) in [5.74, 6) is 1.08. The van der Waals surface area contributed by atoms with Crippen molar-refractivity contribution in [3.63, 3.8) is 0 Å². The molecule has 1 aliphatic rings. The molecule has 0 N–H and O–H groups in total. The molecule has 104 valence electrons. The lowest BCUT2D eigenvalue weighted by Gasteiger charge is -2.21. The smallest absolute Gasteiger partial charge is 0.236 e. The summed E-state index contributed by atoms with van der Waals surface area (Å²) < 4.78 is 5.27. The van der Waals surface area contributed by atoms with Crippen molar-refractivity contribution in [3.8, 4) is 5.75 Å². The largest absolute Gasteiger partial charge is 0.497 e. The summed E-state index contributed by atoms with van der Waals surface area (Å²) in [5, 5.41) is 0. The van der Waals surface area contributed by atoms with Gasteiger partial charge >= 0.3 is 0 Å². The average Bonchev–Trinajstić information content (AvgIpc) is 2.60. The summed E-state index contributed by atoms with van der Waals surface area (Å²) in [6.07, 6.45) is 1.98. The van der Waals surface area contributed by atoms with Crippen LogP contribution in [0.5, 0.6) is 5.75 Å². The number of fused-ring (bicyclic) bond motifs is 1. The van der Waals surface area contributed by atoms with Crippen LogP contribution in [0.2, 0.25) is 0 Å². The third-order valence-corrected chi connectivity index (χ3v) is 3.67. The number of carbonyl (C=O) groups is 1. The molecule has 0 saturated heterocycles. The van der Waals surface area contributed by atoms with Gasteiger partial charge in [0.15, 0.2) is 0 Å². The molecular weight excluding hydrogens is 240 g/mol. The van der Waals surface area contributed by atoms with E-state index in [1.807, 2.05) is 6.07 Å². The van der Waals surface area contributed by atoms with Gasteiger partial charge in [0.1, 0.15) is 5.75 Å². The van der Waals surface area contributed by atoms with Crippen LogP contribution in [0.4, 0.5) is 0 Å². The topological polar surface area (TPSA) is 32.8 Å². The summed E-state index contributed by atoms with van der Waals surface area (Å²) in [7, 11) is 5.31. The zero-order valence-corrected chi connectivity index (χ0v) is 12.0. The Labute approximate surface area is 115 Å². The number of amides is 1. The maximum Gasteiger partial charge on any atom is 0.236 e. The van der Waals surface area contributed by atoms with Crippen LogP contribution in [-0.4, -0.2) is 56.5 Å². The Morgan fingerprint density at radius 2 is 1.95 bits per heavy atom. The fraction of sp³-hybridized carbons (Fsp3) is 0.533. The van der Waals surface area contributed by atoms with Crippen molar-refractivity contribution in [2.45, 2.75) is 12.8 Å². The highest BCUT2D eigenvalue weighted by molar-refractivity contribution is 5.77. The van der Waals surface area contributed by atoms with Gasteiger partial charge in [-0.05, 0) is 36.1 Å². The van der Waals surface area contributed by atoms with Crippen molar-refractivity contribution >= 4 is 5.91 Å². The van der Waals surface area contributed by atoms with E-state index in [-0.39, 0.29) is 5.91 Å². The number of rotatable bonds is 3. The minimum absolute atomic E-state index is 0.170. The predicted molar refractivity (Wildman–Crippen MR) is 75.5 cm³/mol. The SMILES string of the molecule is COc1ccc2c(c1)CCN(CC(=O)N(C)C)CC2. The Hall–Kier alpha value is -1.55. The standard InChI is InChI=1S/C15H22N2O2/c1-16(2)15(18)11-17-8-6-12-4-5-14(19-3)10-13(12)7-9-17/h4-5,10H,6-9,11H2,1-3H3. The number of nitrogens with zero attached hydrogens (tertiary/aromatic N) is 2. The van der Waals surface area contributed by atoms with E-state index in [0.717, 1.165) is 31.7 Å². The fourth-order valence-electron chi connectivity index (χ4n) is 2.37. The van der Waals surface area contributed by atoms with Crippen LogP contribution in [0.1, 0.15) is 11.1 Å². The molecule has 0 unspecified atom stereocenters. The predicted octanol–water partition coefficient (Wildman–Crippen LogP) is 1.18. The van der Waals surface area contributed by atoms with Crippen LogP contribution in [0.15, 0.2) is 18.2 Å². The monoisotopic (exact) mass is 262 g/mol. The van der Waals surface area contributed by atoms with Gasteiger partial charge in [0.05, 0.1) is 13.7 Å². The van der Waals surface area contributed by atoms with Gasteiger partial charge in [-0.25, -0.2) is 0 Å². The van der Waals surface area contributed by atoms with Crippen molar-refractivity contribution in [2.24, 2.45) is 0 Å². The van der Waals surface area contributed by atoms with Gasteiger partial charge < -0.3 is 9.64 Å². The maximum absolute atomic E-state index is 11.8. The molecule has 0 spiro atoms. The van der Waals surface area contributed by atoms with Crippen LogP contribution in [-0.2, 0) is 17.6 Å². The highest BCUT2D eigenvalue weighted by atomic mass is 16.5. The minimum Gasteiger partial charge on any atom is -0.497 e. The number of likely N-dealkylation sites (N-methyl/N-ethyl adjacent to an activating group) is 1. The molecule has 0 fully saturated rings. The summed E-state index contributed by atoms with van der Waals surface area (Å²) in [6, 6.07) is 6.28. The first kappa shape index (κ1) is 13.9. The zero-order valence-electron chi connectivity index (χ0n) is 12.0. The first-order valence-electron chi connectivity index (χ1n) is 6.68. The minimum atomic E-state index is 0.170. The number of hydrogen-bond donors (Lipinski definition) is 0. The van der Waals surface area contributed by atoms with E-state index in [4.69, 9.17) is 4.74 Å². The van der Waals surface area contributed by atoms with Crippen molar-refractivity contribution in [2.75, 3.05) is 40.8 Å². The highest BCUT2D eigenvalue weighted by Crippen LogP contribution is 2.21. The van der Waals surface area contributed by atoms with E-state index >= 15 is 0 Å². The molecule has 2 rings (SSSR count). The number of ether oxygens (including phenoxy) is 1. The lowest BCUT2D eigenvalue weighted by molar-refractivity contribution is -0.129. The summed E-state index contributed by atoms with van der Waals surface area (Å²) >= 11 is 0. The van der Waals surface area contributed by atoms with Gasteiger partial charge in [-0.2, -0.15) is 0 Å². The molecule has 1 aromatic carbocycles. The van der Waals surface area contributed by atoms with E-state index in [1.54, 1.807) is 26.1 Å². The van der Waals surface area contributed by atoms with Gasteiger partial charge in [-0.15, -0.1) is 0 Å². The first-order valence-corrected chi connectivity index (χ1v) is 6.68. The molecule has 1 aliphatic heterocycles. The summed E-state index contributed by atoms with van der Waals surface area (Å²) in [6.45, 7) is 2.39. The molecule has 0 aliphatic carbocycles. The average molecular weight is 262 g/mol. The lowest BCUT2D eigenvalue weighted by atomic mass is 10.0. The van der Waals surface area contributed by atoms with E-state index in [9.17, 15) is 4.79 Å². The lowest BCUT2D eigenvalue weighted by Crippen LogP contribution is -2.37. The van der Waals surface area contributed by atoms with Crippen molar-refractivity contribution < 1.29 is 9.53 Å². The highest BCUT2D eigenvalue weighted by Gasteiger charge is 2.17. The third kappa shape index (κ3) is 3.47. The molecule has 0 atom stereocenters. The Kier molecular flexibility index (Phi) is 4.43. The van der Waals surface area contributed by atoms with Gasteiger partial charge in [0, 0.05) is 27.2 Å². The number of hydrogen-bond acceptors (Lipinski definition) is 3. The Bertz CT molecular complexity index is 457. The Balaban J connectivity index is 2.02. The molecule has 1 heterocycles. The van der Waals surface area contributed by atoms with E-state index in [0.29, 0.717) is 6.54 Å². The Morgan fingerprint density at radius 3 is 2.58 bits per heavy atom. The number of carbonyl (C=O) groups excluding carboxylic acids is 1. The molecule has 4 heteroatoms. The van der Waals surface area contributed by atoms with Crippen LogP contribution >= 0.6 is 0 Å². The van der Waals surface area contributed by atoms with Crippen molar-refractivity contribution in [1.82, 2.24) is 9.80 Å². The van der Waals surface area contributed by atoms with Crippen molar-refractivity contribution in [1.29, 1.82) is 0 Å². The Morgan fingerprint density at radius 1 is 1.26 bits per heavy atom. The molecular formula is C15H22N2O2. The second-order valence-corrected chi connectivity index (χ2v) is 5.20. The van der Waals surface area contributed by atoms with Crippen LogP contribution in [0.25, 0.3) is 0 Å². The van der Waals surface area contributed by atoms with Gasteiger partial charge in [-0.3, -0.25) is 9.69 Å². The van der Waals surface area contributed by atoms with E-state index in [1.165, 1.54) is 11.1 Å². The second kappa shape index (κ2) is 6.06. The van der Waals surface area contributed by atoms with Crippen molar-refractivity contribution in [3.05, 3.63) is 29.3 Å². The molecule has 1 amide bonds. The molecule has 4 nitrogen and oxygen atoms in total. The first-order chi connectivity index (χ1) is 9.10. The van der Waals surface area contributed by atoms with Crippen LogP contribution in [0, 0.1) is 0 Å². The second-order valence-electron chi connectivity index (χ2n) is 5.20. The summed E-state index contributed by atoms with van der Waals surface area (Å²) in [4.78, 5) is 15.6.